The summed E-state index contributed by atoms with van der Waals surface area (Å²) in [6, 6.07) is 2.87. The van der Waals surface area contributed by atoms with Crippen molar-refractivity contribution in [3.8, 4) is 0 Å². The number of carbonyl (C=O) groups is 1. The van der Waals surface area contributed by atoms with Crippen molar-refractivity contribution in [3.63, 3.8) is 0 Å². The number of imidazole rings is 1. The number of benzene rings is 1. The van der Waals surface area contributed by atoms with E-state index in [1.54, 1.807) is 6.92 Å². The van der Waals surface area contributed by atoms with Crippen LogP contribution in [0.3, 0.4) is 0 Å². The van der Waals surface area contributed by atoms with Gasteiger partial charge in [-0.15, -0.1) is 0 Å². The van der Waals surface area contributed by atoms with E-state index in [0.29, 0.717) is 29.8 Å². The molecule has 0 aliphatic heterocycles. The van der Waals surface area contributed by atoms with Crippen LogP contribution in [0.1, 0.15) is 68.2 Å². The number of pyridine rings is 1. The van der Waals surface area contributed by atoms with Gasteiger partial charge in [0.15, 0.2) is 9.84 Å². The first-order valence-corrected chi connectivity index (χ1v) is 14.8. The molecular weight excluding hydrogens is 591 g/mol. The molecule has 2 heterocycles. The summed E-state index contributed by atoms with van der Waals surface area (Å²) in [5.74, 6) is -2.98. The van der Waals surface area contributed by atoms with Gasteiger partial charge in [0.05, 0.1) is 40.7 Å². The van der Waals surface area contributed by atoms with E-state index in [1.165, 1.54) is 24.4 Å². The maximum Gasteiger partial charge on any atom is 0.419 e. The number of allylic oxidation sites excluding steroid dienone is 2. The van der Waals surface area contributed by atoms with Crippen LogP contribution in [-0.4, -0.2) is 46.7 Å². The summed E-state index contributed by atoms with van der Waals surface area (Å²) in [6.07, 6.45) is -6.69. The Morgan fingerprint density at radius 3 is 2.31 bits per heavy atom. The Hall–Kier alpha value is -3.42. The van der Waals surface area contributed by atoms with E-state index < -0.39 is 63.3 Å². The predicted molar refractivity (Wildman–Crippen MR) is 144 cm³/mol. The molecule has 0 fully saturated rings. The lowest BCUT2D eigenvalue weighted by Crippen LogP contribution is -2.39. The van der Waals surface area contributed by atoms with Crippen LogP contribution in [0.15, 0.2) is 42.6 Å². The fourth-order valence-electron chi connectivity index (χ4n) is 4.56. The Morgan fingerprint density at radius 1 is 1.07 bits per heavy atom. The lowest BCUT2D eigenvalue weighted by Gasteiger charge is -2.29. The Labute approximate surface area is 238 Å². The number of hydrogen-bond donors (Lipinski definition) is 0. The Bertz CT molecular complexity index is 1590. The van der Waals surface area contributed by atoms with Gasteiger partial charge in [-0.1, -0.05) is 26.0 Å². The average Bonchev–Trinajstić information content (AvgIpc) is 3.28. The number of alkyl halides is 6. The zero-order valence-electron chi connectivity index (χ0n) is 23.3. The number of amides is 1. The first-order valence-electron chi connectivity index (χ1n) is 13.0. The third-order valence-electron chi connectivity index (χ3n) is 6.82. The number of halogens is 7. The second-order valence-corrected chi connectivity index (χ2v) is 12.2. The normalized spacial score (nSPS) is 13.9. The predicted octanol–water partition coefficient (Wildman–Crippen LogP) is 6.89. The molecule has 230 valence electrons. The molecule has 2 aromatic heterocycles. The highest BCUT2D eigenvalue weighted by atomic mass is 32.2. The van der Waals surface area contributed by atoms with Gasteiger partial charge in [0, 0.05) is 18.5 Å². The molecule has 0 N–H and O–H groups in total. The fraction of sp³-hybridized carbons (Fsp3) is 0.429. The van der Waals surface area contributed by atoms with E-state index in [-0.39, 0.29) is 29.2 Å². The standard InChI is InChI=1S/C28H30F7N3O3S/c1-5-7-17(3)26-25(36-23-16-20(27(30,31)32)10-11-38(23)26)18(4)37(12-13-42(40,41)6-2)24(39)15-19-8-9-22(29)21(14-19)28(33,34)35/h7-11,14,16,18H,5-6,12-13,15H2,1-4H3/b17-7+. The van der Waals surface area contributed by atoms with Gasteiger partial charge in [0.1, 0.15) is 11.5 Å². The van der Waals surface area contributed by atoms with Gasteiger partial charge in [-0.3, -0.25) is 9.20 Å². The van der Waals surface area contributed by atoms with Crippen LogP contribution in [0.5, 0.6) is 0 Å². The van der Waals surface area contributed by atoms with E-state index in [4.69, 9.17) is 0 Å². The summed E-state index contributed by atoms with van der Waals surface area (Å²) in [5.41, 5.74) is -1.51. The maximum absolute atomic E-state index is 13.8. The fourth-order valence-corrected chi connectivity index (χ4v) is 5.33. The smallest absolute Gasteiger partial charge is 0.333 e. The SMILES string of the molecule is CC/C=C(\C)c1c(C(C)N(CCS(=O)(=O)CC)C(=O)Cc2ccc(F)c(C(F)(F)F)c2)nc2cc(C(F)(F)F)ccn12. The molecule has 1 atom stereocenters. The molecule has 0 aliphatic carbocycles. The van der Waals surface area contributed by atoms with Crippen molar-refractivity contribution in [2.24, 2.45) is 0 Å². The monoisotopic (exact) mass is 621 g/mol. The molecule has 1 amide bonds. The lowest BCUT2D eigenvalue weighted by molar-refractivity contribution is -0.140. The van der Waals surface area contributed by atoms with Gasteiger partial charge in [-0.25, -0.2) is 17.8 Å². The molecule has 0 saturated carbocycles. The molecule has 6 nitrogen and oxygen atoms in total. The van der Waals surface area contributed by atoms with Gasteiger partial charge in [0.2, 0.25) is 5.91 Å². The Kier molecular flexibility index (Phi) is 9.80. The summed E-state index contributed by atoms with van der Waals surface area (Å²) >= 11 is 0. The van der Waals surface area contributed by atoms with Crippen molar-refractivity contribution >= 4 is 27.0 Å². The number of hydrogen-bond acceptors (Lipinski definition) is 4. The van der Waals surface area contributed by atoms with E-state index in [2.05, 4.69) is 4.98 Å². The molecule has 1 aromatic carbocycles. The quantitative estimate of drug-likeness (QED) is 0.231. The minimum absolute atomic E-state index is 0.0625. The van der Waals surface area contributed by atoms with Crippen molar-refractivity contribution in [1.29, 1.82) is 0 Å². The molecule has 42 heavy (non-hydrogen) atoms. The molecule has 0 bridgehead atoms. The van der Waals surface area contributed by atoms with E-state index in [0.717, 1.165) is 23.1 Å². The number of sulfone groups is 1. The minimum atomic E-state index is -5.00. The minimum Gasteiger partial charge on any atom is -0.333 e. The Balaban J connectivity index is 2.13. The van der Waals surface area contributed by atoms with Crippen molar-refractivity contribution in [2.45, 2.75) is 58.9 Å². The van der Waals surface area contributed by atoms with E-state index >= 15 is 0 Å². The summed E-state index contributed by atoms with van der Waals surface area (Å²) in [4.78, 5) is 19.1. The van der Waals surface area contributed by atoms with Crippen LogP contribution in [0.2, 0.25) is 0 Å². The summed E-state index contributed by atoms with van der Waals surface area (Å²) in [6.45, 7) is 6.13. The number of aromatic nitrogens is 2. The van der Waals surface area contributed by atoms with Crippen molar-refractivity contribution in [3.05, 3.63) is 76.5 Å². The van der Waals surface area contributed by atoms with E-state index in [1.807, 2.05) is 13.0 Å². The third-order valence-corrected chi connectivity index (χ3v) is 8.51. The summed E-state index contributed by atoms with van der Waals surface area (Å²) < 4.78 is 120. The van der Waals surface area contributed by atoms with Gasteiger partial charge < -0.3 is 4.90 Å². The first-order chi connectivity index (χ1) is 19.4. The topological polar surface area (TPSA) is 71.8 Å². The zero-order chi connectivity index (χ0) is 31.6. The summed E-state index contributed by atoms with van der Waals surface area (Å²) in [5, 5.41) is 0. The van der Waals surface area contributed by atoms with Crippen molar-refractivity contribution in [2.75, 3.05) is 18.1 Å². The van der Waals surface area contributed by atoms with Crippen LogP contribution in [0.4, 0.5) is 30.7 Å². The molecule has 0 aliphatic rings. The number of nitrogens with zero attached hydrogens (tertiary/aromatic N) is 3. The molecule has 3 rings (SSSR count). The number of fused-ring (bicyclic) bond motifs is 1. The molecule has 0 spiro atoms. The van der Waals surface area contributed by atoms with Gasteiger partial charge >= 0.3 is 12.4 Å². The Morgan fingerprint density at radius 2 is 1.74 bits per heavy atom. The van der Waals surface area contributed by atoms with Gasteiger partial charge in [-0.05, 0) is 55.7 Å². The van der Waals surface area contributed by atoms with Crippen LogP contribution < -0.4 is 0 Å². The number of carbonyl (C=O) groups excluding carboxylic acids is 1. The highest BCUT2D eigenvalue weighted by Crippen LogP contribution is 2.35. The second kappa shape index (κ2) is 12.4. The van der Waals surface area contributed by atoms with Crippen LogP contribution >= 0.6 is 0 Å². The number of rotatable bonds is 10. The van der Waals surface area contributed by atoms with Gasteiger partial charge in [0.25, 0.3) is 0 Å². The molecule has 14 heteroatoms. The summed E-state index contributed by atoms with van der Waals surface area (Å²) in [7, 11) is -3.60. The average molecular weight is 622 g/mol. The van der Waals surface area contributed by atoms with Gasteiger partial charge in [-0.2, -0.15) is 26.3 Å². The van der Waals surface area contributed by atoms with Crippen LogP contribution in [0, 0.1) is 5.82 Å². The second-order valence-electron chi connectivity index (χ2n) is 9.77. The third kappa shape index (κ3) is 7.50. The zero-order valence-corrected chi connectivity index (χ0v) is 24.1. The van der Waals surface area contributed by atoms with Crippen molar-refractivity contribution < 1.29 is 43.9 Å². The van der Waals surface area contributed by atoms with E-state index in [9.17, 15) is 43.9 Å². The molecule has 0 saturated heterocycles. The van der Waals surface area contributed by atoms with Crippen molar-refractivity contribution in [1.82, 2.24) is 14.3 Å². The van der Waals surface area contributed by atoms with Crippen LogP contribution in [0.25, 0.3) is 11.2 Å². The maximum atomic E-state index is 13.8. The molecule has 1 unspecified atom stereocenters. The highest BCUT2D eigenvalue weighted by Gasteiger charge is 2.35. The van der Waals surface area contributed by atoms with Crippen LogP contribution in [-0.2, 0) is 33.4 Å². The molecule has 0 radical (unpaired) electrons. The molecule has 3 aromatic rings. The molecular formula is C28H30F7N3O3S. The highest BCUT2D eigenvalue weighted by molar-refractivity contribution is 7.91. The largest absolute Gasteiger partial charge is 0.419 e. The first kappa shape index (κ1) is 33.1. The lowest BCUT2D eigenvalue weighted by atomic mass is 10.0.